The van der Waals surface area contributed by atoms with Crippen LogP contribution in [-0.4, -0.2) is 22.6 Å². The minimum Gasteiger partial charge on any atom is -0.384 e. The SMILES string of the molecule is O=C(Nc1cc(C#CCO)ccn1)c1cccc(F)c1Cl. The van der Waals surface area contributed by atoms with Gasteiger partial charge in [-0.1, -0.05) is 29.5 Å². The Morgan fingerprint density at radius 3 is 3.00 bits per heavy atom. The number of pyridine rings is 1. The van der Waals surface area contributed by atoms with Crippen molar-refractivity contribution in [2.75, 3.05) is 11.9 Å². The van der Waals surface area contributed by atoms with Crippen LogP contribution < -0.4 is 5.32 Å². The van der Waals surface area contributed by atoms with E-state index in [4.69, 9.17) is 16.7 Å². The Morgan fingerprint density at radius 1 is 1.43 bits per heavy atom. The first-order valence-electron chi connectivity index (χ1n) is 5.93. The first-order valence-corrected chi connectivity index (χ1v) is 6.31. The molecular formula is C15H10ClFN2O2. The van der Waals surface area contributed by atoms with E-state index in [1.165, 1.54) is 30.5 Å². The fraction of sp³-hybridized carbons (Fsp3) is 0.0667. The van der Waals surface area contributed by atoms with Gasteiger partial charge in [0, 0.05) is 11.8 Å². The molecule has 4 nitrogen and oxygen atoms in total. The molecule has 0 bridgehead atoms. The van der Waals surface area contributed by atoms with Crippen LogP contribution in [0.15, 0.2) is 36.5 Å². The molecule has 2 rings (SSSR count). The molecule has 0 spiro atoms. The zero-order valence-electron chi connectivity index (χ0n) is 10.7. The number of nitrogens with zero attached hydrogens (tertiary/aromatic N) is 1. The van der Waals surface area contributed by atoms with Crippen molar-refractivity contribution in [3.63, 3.8) is 0 Å². The van der Waals surface area contributed by atoms with Crippen molar-refractivity contribution in [3.05, 3.63) is 58.5 Å². The Hall–Kier alpha value is -2.42. The summed E-state index contributed by atoms with van der Waals surface area (Å²) in [5, 5.41) is 10.9. The molecule has 0 fully saturated rings. The summed E-state index contributed by atoms with van der Waals surface area (Å²) < 4.78 is 13.3. The smallest absolute Gasteiger partial charge is 0.258 e. The third-order valence-electron chi connectivity index (χ3n) is 2.51. The number of benzene rings is 1. The average Bonchev–Trinajstić information content (AvgIpc) is 2.48. The molecule has 0 aliphatic heterocycles. The van der Waals surface area contributed by atoms with Crippen molar-refractivity contribution in [2.45, 2.75) is 0 Å². The molecule has 1 aromatic heterocycles. The second-order valence-corrected chi connectivity index (χ2v) is 4.32. The minimum atomic E-state index is -0.667. The predicted molar refractivity (Wildman–Crippen MR) is 77.6 cm³/mol. The van der Waals surface area contributed by atoms with E-state index >= 15 is 0 Å². The number of nitrogens with one attached hydrogen (secondary N) is 1. The lowest BCUT2D eigenvalue weighted by atomic mass is 10.2. The number of halogens is 2. The Balaban J connectivity index is 2.22. The van der Waals surface area contributed by atoms with Crippen LogP contribution in [0.4, 0.5) is 10.2 Å². The number of carbonyl (C=O) groups excluding carboxylic acids is 1. The van der Waals surface area contributed by atoms with Crippen molar-refractivity contribution in [3.8, 4) is 11.8 Å². The monoisotopic (exact) mass is 304 g/mol. The second-order valence-electron chi connectivity index (χ2n) is 3.95. The molecule has 2 N–H and O–H groups in total. The third kappa shape index (κ3) is 3.78. The molecular weight excluding hydrogens is 295 g/mol. The van der Waals surface area contributed by atoms with Gasteiger partial charge in [-0.2, -0.15) is 0 Å². The minimum absolute atomic E-state index is 0.0188. The fourth-order valence-corrected chi connectivity index (χ4v) is 1.79. The van der Waals surface area contributed by atoms with Crippen LogP contribution in [0.5, 0.6) is 0 Å². The summed E-state index contributed by atoms with van der Waals surface area (Å²) >= 11 is 5.75. The molecule has 6 heteroatoms. The molecule has 1 heterocycles. The summed E-state index contributed by atoms with van der Waals surface area (Å²) in [6.07, 6.45) is 1.46. The number of amides is 1. The van der Waals surface area contributed by atoms with Gasteiger partial charge in [0.2, 0.25) is 0 Å². The number of carbonyl (C=O) groups is 1. The Kier molecular flexibility index (Phi) is 4.88. The van der Waals surface area contributed by atoms with Crippen LogP contribution in [-0.2, 0) is 0 Å². The molecule has 0 unspecified atom stereocenters. The van der Waals surface area contributed by atoms with Crippen molar-refractivity contribution in [1.82, 2.24) is 4.98 Å². The van der Waals surface area contributed by atoms with E-state index in [1.807, 2.05) is 0 Å². The lowest BCUT2D eigenvalue weighted by Crippen LogP contribution is -2.14. The van der Waals surface area contributed by atoms with Gasteiger partial charge in [0.05, 0.1) is 10.6 Å². The summed E-state index contributed by atoms with van der Waals surface area (Å²) in [6.45, 7) is -0.261. The largest absolute Gasteiger partial charge is 0.384 e. The number of aliphatic hydroxyl groups is 1. The zero-order chi connectivity index (χ0) is 15.2. The molecule has 2 aromatic rings. The maximum atomic E-state index is 13.3. The number of aliphatic hydroxyl groups excluding tert-OH is 1. The summed E-state index contributed by atoms with van der Waals surface area (Å²) in [4.78, 5) is 16.0. The molecule has 106 valence electrons. The normalized spacial score (nSPS) is 9.67. The summed E-state index contributed by atoms with van der Waals surface area (Å²) in [7, 11) is 0. The standard InChI is InChI=1S/C15H10ClFN2O2/c16-14-11(4-1-5-12(14)17)15(21)19-13-9-10(3-2-8-20)6-7-18-13/h1,4-7,9,20H,8H2,(H,18,19,21). The molecule has 0 saturated heterocycles. The third-order valence-corrected chi connectivity index (χ3v) is 2.89. The van der Waals surface area contributed by atoms with Gasteiger partial charge in [-0.05, 0) is 24.3 Å². The van der Waals surface area contributed by atoms with Gasteiger partial charge in [0.15, 0.2) is 0 Å². The van der Waals surface area contributed by atoms with Crippen molar-refractivity contribution in [1.29, 1.82) is 0 Å². The van der Waals surface area contributed by atoms with Gasteiger partial charge in [0.1, 0.15) is 18.2 Å². The first kappa shape index (κ1) is 15.0. The van der Waals surface area contributed by atoms with E-state index in [-0.39, 0.29) is 23.0 Å². The van der Waals surface area contributed by atoms with Crippen molar-refractivity contribution in [2.24, 2.45) is 0 Å². The lowest BCUT2D eigenvalue weighted by molar-refractivity contribution is 0.102. The Bertz CT molecular complexity index is 738. The lowest BCUT2D eigenvalue weighted by Gasteiger charge is -2.06. The number of hydrogen-bond acceptors (Lipinski definition) is 3. The van der Waals surface area contributed by atoms with Gasteiger partial charge in [-0.3, -0.25) is 4.79 Å². The number of aromatic nitrogens is 1. The first-order chi connectivity index (χ1) is 10.1. The van der Waals surface area contributed by atoms with Gasteiger partial charge in [-0.15, -0.1) is 0 Å². The highest BCUT2D eigenvalue weighted by atomic mass is 35.5. The van der Waals surface area contributed by atoms with E-state index in [0.717, 1.165) is 0 Å². The maximum absolute atomic E-state index is 13.3. The topological polar surface area (TPSA) is 62.2 Å². The van der Waals surface area contributed by atoms with Crippen molar-refractivity contribution < 1.29 is 14.3 Å². The quantitative estimate of drug-likeness (QED) is 0.838. The summed E-state index contributed by atoms with van der Waals surface area (Å²) in [5.74, 6) is 4.20. The highest BCUT2D eigenvalue weighted by Gasteiger charge is 2.14. The molecule has 0 saturated carbocycles. The maximum Gasteiger partial charge on any atom is 0.258 e. The van der Waals surface area contributed by atoms with Crippen LogP contribution in [0.25, 0.3) is 0 Å². The van der Waals surface area contributed by atoms with Gasteiger partial charge in [0.25, 0.3) is 5.91 Å². The number of hydrogen-bond donors (Lipinski definition) is 2. The fourth-order valence-electron chi connectivity index (χ4n) is 1.58. The van der Waals surface area contributed by atoms with E-state index in [2.05, 4.69) is 22.1 Å². The molecule has 0 radical (unpaired) electrons. The van der Waals surface area contributed by atoms with Gasteiger partial charge < -0.3 is 10.4 Å². The Labute approximate surface area is 125 Å². The van der Waals surface area contributed by atoms with Crippen LogP contribution >= 0.6 is 11.6 Å². The number of anilines is 1. The molecule has 1 amide bonds. The molecule has 0 atom stereocenters. The molecule has 21 heavy (non-hydrogen) atoms. The highest BCUT2D eigenvalue weighted by Crippen LogP contribution is 2.20. The summed E-state index contributed by atoms with van der Waals surface area (Å²) in [6, 6.07) is 7.15. The van der Waals surface area contributed by atoms with E-state index in [9.17, 15) is 9.18 Å². The van der Waals surface area contributed by atoms with Gasteiger partial charge >= 0.3 is 0 Å². The predicted octanol–water partition coefficient (Wildman–Crippen LogP) is 2.47. The van der Waals surface area contributed by atoms with Crippen LogP contribution in [0.1, 0.15) is 15.9 Å². The van der Waals surface area contributed by atoms with Crippen LogP contribution in [0.3, 0.4) is 0 Å². The van der Waals surface area contributed by atoms with Crippen molar-refractivity contribution >= 4 is 23.3 Å². The van der Waals surface area contributed by atoms with E-state index in [1.54, 1.807) is 6.07 Å². The van der Waals surface area contributed by atoms with Crippen LogP contribution in [0.2, 0.25) is 5.02 Å². The zero-order valence-corrected chi connectivity index (χ0v) is 11.5. The molecule has 0 aliphatic carbocycles. The van der Waals surface area contributed by atoms with E-state index < -0.39 is 11.7 Å². The van der Waals surface area contributed by atoms with E-state index in [0.29, 0.717) is 5.56 Å². The number of rotatable bonds is 2. The molecule has 0 aliphatic rings. The highest BCUT2D eigenvalue weighted by molar-refractivity contribution is 6.34. The van der Waals surface area contributed by atoms with Crippen LogP contribution in [0, 0.1) is 17.7 Å². The molecule has 1 aromatic carbocycles. The average molecular weight is 305 g/mol. The van der Waals surface area contributed by atoms with Gasteiger partial charge in [-0.25, -0.2) is 9.37 Å². The summed E-state index contributed by atoms with van der Waals surface area (Å²) in [5.41, 5.74) is 0.602. The second kappa shape index (κ2) is 6.84. The Morgan fingerprint density at radius 2 is 2.24 bits per heavy atom.